The molecular weight excluding hydrogens is 252 g/mol. The molecule has 1 aromatic rings. The van der Waals surface area contributed by atoms with Crippen molar-refractivity contribution in [3.63, 3.8) is 0 Å². The summed E-state index contributed by atoms with van der Waals surface area (Å²) in [4.78, 5) is 12.4. The van der Waals surface area contributed by atoms with Crippen molar-refractivity contribution < 1.29 is 18.3 Å². The van der Waals surface area contributed by atoms with Gasteiger partial charge in [0, 0.05) is 31.6 Å². The zero-order valence-corrected chi connectivity index (χ0v) is 10.6. The highest BCUT2D eigenvalue weighted by molar-refractivity contribution is 5.87. The molecule has 1 heterocycles. The summed E-state index contributed by atoms with van der Waals surface area (Å²) in [5, 5.41) is 0. The predicted octanol–water partition coefficient (Wildman–Crippen LogP) is 1.83. The Morgan fingerprint density at radius 3 is 2.63 bits per heavy atom. The van der Waals surface area contributed by atoms with Gasteiger partial charge in [-0.2, -0.15) is 0 Å². The van der Waals surface area contributed by atoms with E-state index in [1.54, 1.807) is 0 Å². The van der Waals surface area contributed by atoms with Gasteiger partial charge >= 0.3 is 0 Å². The van der Waals surface area contributed by atoms with Crippen molar-refractivity contribution in [1.29, 1.82) is 0 Å². The van der Waals surface area contributed by atoms with Gasteiger partial charge in [-0.25, -0.2) is 8.78 Å². The molecule has 0 atom stereocenters. The van der Waals surface area contributed by atoms with Crippen LogP contribution in [0.2, 0.25) is 0 Å². The van der Waals surface area contributed by atoms with Gasteiger partial charge < -0.3 is 10.5 Å². The molecule has 1 aliphatic rings. The van der Waals surface area contributed by atoms with Crippen LogP contribution in [0.5, 0.6) is 0 Å². The lowest BCUT2D eigenvalue weighted by molar-refractivity contribution is -0.132. The van der Waals surface area contributed by atoms with Crippen molar-refractivity contribution in [1.82, 2.24) is 0 Å². The summed E-state index contributed by atoms with van der Waals surface area (Å²) in [7, 11) is 0. The van der Waals surface area contributed by atoms with Gasteiger partial charge in [0.05, 0.1) is 0 Å². The second-order valence-electron chi connectivity index (χ2n) is 4.93. The molecule has 2 N–H and O–H groups in total. The van der Waals surface area contributed by atoms with Gasteiger partial charge in [0.1, 0.15) is 17.4 Å². The number of carbonyl (C=O) groups excluding carboxylic acids is 1. The van der Waals surface area contributed by atoms with E-state index in [2.05, 4.69) is 0 Å². The average Bonchev–Trinajstić information content (AvgIpc) is 2.43. The van der Waals surface area contributed by atoms with Crippen molar-refractivity contribution in [3.05, 3.63) is 35.4 Å². The van der Waals surface area contributed by atoms with E-state index >= 15 is 0 Å². The van der Waals surface area contributed by atoms with Crippen LogP contribution in [0.25, 0.3) is 0 Å². The van der Waals surface area contributed by atoms with Gasteiger partial charge in [0.25, 0.3) is 0 Å². The second kappa shape index (κ2) is 5.75. The van der Waals surface area contributed by atoms with Crippen molar-refractivity contribution in [2.45, 2.75) is 19.3 Å². The maximum absolute atomic E-state index is 13.6. The summed E-state index contributed by atoms with van der Waals surface area (Å²) >= 11 is 0. The molecule has 104 valence electrons. The zero-order chi connectivity index (χ0) is 13.9. The minimum atomic E-state index is -0.656. The molecular formula is C14H17F2NO2. The maximum Gasteiger partial charge on any atom is 0.144 e. The number of hydrogen-bond donors (Lipinski definition) is 1. The SMILES string of the molecule is NCC1(C(=O)Cc2cc(F)ccc2F)CCOCC1. The summed E-state index contributed by atoms with van der Waals surface area (Å²) < 4.78 is 31.9. The highest BCUT2D eigenvalue weighted by atomic mass is 19.1. The molecule has 0 aromatic heterocycles. The molecule has 0 radical (unpaired) electrons. The standard InChI is InChI=1S/C14H17F2NO2/c15-11-1-2-12(16)10(7-11)8-13(18)14(9-17)3-5-19-6-4-14/h1-2,7H,3-6,8-9,17H2. The molecule has 0 amide bonds. The van der Waals surface area contributed by atoms with Gasteiger partial charge in [-0.1, -0.05) is 0 Å². The molecule has 0 spiro atoms. The van der Waals surface area contributed by atoms with E-state index in [0.717, 1.165) is 18.2 Å². The van der Waals surface area contributed by atoms with E-state index in [4.69, 9.17) is 10.5 Å². The van der Waals surface area contributed by atoms with Crippen LogP contribution in [0.1, 0.15) is 18.4 Å². The Kier molecular flexibility index (Phi) is 4.27. The van der Waals surface area contributed by atoms with E-state index in [1.165, 1.54) is 0 Å². The Morgan fingerprint density at radius 2 is 2.00 bits per heavy atom. The largest absolute Gasteiger partial charge is 0.381 e. The molecule has 5 heteroatoms. The Hall–Kier alpha value is -1.33. The minimum Gasteiger partial charge on any atom is -0.381 e. The van der Waals surface area contributed by atoms with Crippen LogP contribution in [0.15, 0.2) is 18.2 Å². The molecule has 2 rings (SSSR count). The molecule has 0 bridgehead atoms. The predicted molar refractivity (Wildman–Crippen MR) is 66.6 cm³/mol. The molecule has 0 saturated carbocycles. The van der Waals surface area contributed by atoms with Crippen LogP contribution >= 0.6 is 0 Å². The van der Waals surface area contributed by atoms with Crippen LogP contribution < -0.4 is 5.73 Å². The number of hydrogen-bond acceptors (Lipinski definition) is 3. The van der Waals surface area contributed by atoms with Crippen molar-refractivity contribution >= 4 is 5.78 Å². The Balaban J connectivity index is 2.17. The van der Waals surface area contributed by atoms with Gasteiger partial charge in [0.15, 0.2) is 0 Å². The van der Waals surface area contributed by atoms with E-state index in [0.29, 0.717) is 26.1 Å². The van der Waals surface area contributed by atoms with E-state index in [-0.39, 0.29) is 24.3 Å². The summed E-state index contributed by atoms with van der Waals surface area (Å²) in [6, 6.07) is 3.14. The third kappa shape index (κ3) is 2.98. The number of ketones is 1. The first-order valence-corrected chi connectivity index (χ1v) is 6.32. The van der Waals surface area contributed by atoms with Crippen molar-refractivity contribution in [3.8, 4) is 0 Å². The number of rotatable bonds is 4. The normalized spacial score (nSPS) is 18.3. The average molecular weight is 269 g/mol. The first-order chi connectivity index (χ1) is 9.07. The monoisotopic (exact) mass is 269 g/mol. The lowest BCUT2D eigenvalue weighted by Gasteiger charge is -2.34. The number of nitrogens with two attached hydrogens (primary N) is 1. The Labute approximate surface area is 110 Å². The van der Waals surface area contributed by atoms with E-state index in [9.17, 15) is 13.6 Å². The lowest BCUT2D eigenvalue weighted by Crippen LogP contribution is -2.44. The number of ether oxygens (including phenoxy) is 1. The Morgan fingerprint density at radius 1 is 1.32 bits per heavy atom. The lowest BCUT2D eigenvalue weighted by atomic mass is 9.74. The number of benzene rings is 1. The number of halogens is 2. The van der Waals surface area contributed by atoms with E-state index < -0.39 is 17.0 Å². The van der Waals surface area contributed by atoms with Gasteiger partial charge in [-0.15, -0.1) is 0 Å². The van der Waals surface area contributed by atoms with E-state index in [1.807, 2.05) is 0 Å². The molecule has 3 nitrogen and oxygen atoms in total. The molecule has 1 aliphatic heterocycles. The molecule has 1 fully saturated rings. The third-order valence-corrected chi connectivity index (χ3v) is 3.79. The highest BCUT2D eigenvalue weighted by Gasteiger charge is 2.38. The molecule has 19 heavy (non-hydrogen) atoms. The van der Waals surface area contributed by atoms with Crippen LogP contribution in [-0.4, -0.2) is 25.5 Å². The van der Waals surface area contributed by atoms with Crippen LogP contribution in [0.4, 0.5) is 8.78 Å². The first kappa shape index (κ1) is 14.1. The second-order valence-corrected chi connectivity index (χ2v) is 4.93. The summed E-state index contributed by atoms with van der Waals surface area (Å²) in [6.07, 6.45) is 0.958. The summed E-state index contributed by atoms with van der Waals surface area (Å²) in [5.41, 5.74) is 5.15. The quantitative estimate of drug-likeness (QED) is 0.907. The van der Waals surface area contributed by atoms with Crippen LogP contribution in [0.3, 0.4) is 0 Å². The smallest absolute Gasteiger partial charge is 0.144 e. The summed E-state index contributed by atoms with van der Waals surface area (Å²) in [6.45, 7) is 1.18. The Bertz CT molecular complexity index is 471. The molecule has 0 unspecified atom stereocenters. The molecule has 0 aliphatic carbocycles. The van der Waals surface area contributed by atoms with Crippen molar-refractivity contribution in [2.75, 3.05) is 19.8 Å². The zero-order valence-electron chi connectivity index (χ0n) is 10.6. The third-order valence-electron chi connectivity index (χ3n) is 3.79. The fourth-order valence-electron chi connectivity index (χ4n) is 2.40. The van der Waals surface area contributed by atoms with Gasteiger partial charge in [0.2, 0.25) is 0 Å². The molecule has 1 saturated heterocycles. The number of carbonyl (C=O) groups is 1. The van der Waals surface area contributed by atoms with Crippen LogP contribution in [-0.2, 0) is 16.0 Å². The highest BCUT2D eigenvalue weighted by Crippen LogP contribution is 2.32. The number of Topliss-reactive ketones (excluding diaryl/α,β-unsaturated/α-hetero) is 1. The fourth-order valence-corrected chi connectivity index (χ4v) is 2.40. The van der Waals surface area contributed by atoms with Crippen molar-refractivity contribution in [2.24, 2.45) is 11.1 Å². The maximum atomic E-state index is 13.6. The minimum absolute atomic E-state index is 0.0873. The summed E-state index contributed by atoms with van der Waals surface area (Å²) in [5.74, 6) is -1.24. The first-order valence-electron chi connectivity index (χ1n) is 6.32. The van der Waals surface area contributed by atoms with Gasteiger partial charge in [-0.3, -0.25) is 4.79 Å². The van der Waals surface area contributed by atoms with Gasteiger partial charge in [-0.05, 0) is 36.6 Å². The topological polar surface area (TPSA) is 52.3 Å². The van der Waals surface area contributed by atoms with Crippen LogP contribution in [0, 0.1) is 17.0 Å². The molecule has 1 aromatic carbocycles. The fraction of sp³-hybridized carbons (Fsp3) is 0.500.